The topological polar surface area (TPSA) is 12.0 Å². The van der Waals surface area contributed by atoms with Crippen molar-refractivity contribution >= 4 is 29.0 Å². The SMILES string of the molecule is C[C@@H](NC1=C(C(=S)S)CCC1)c1ccccc1. The van der Waals surface area contributed by atoms with Crippen LogP contribution in [-0.4, -0.2) is 4.20 Å². The van der Waals surface area contributed by atoms with Gasteiger partial charge >= 0.3 is 0 Å². The normalized spacial score (nSPS) is 17.1. The summed E-state index contributed by atoms with van der Waals surface area (Å²) in [6.07, 6.45) is 3.33. The number of allylic oxidation sites excluding steroid dienone is 1. The van der Waals surface area contributed by atoms with Gasteiger partial charge in [-0.1, -0.05) is 42.5 Å². The number of benzene rings is 1. The van der Waals surface area contributed by atoms with Crippen LogP contribution in [0.15, 0.2) is 41.6 Å². The monoisotopic (exact) mass is 263 g/mol. The Morgan fingerprint density at radius 2 is 2.00 bits per heavy atom. The molecule has 1 aromatic rings. The third-order valence-electron chi connectivity index (χ3n) is 3.17. The lowest BCUT2D eigenvalue weighted by atomic mass is 10.1. The van der Waals surface area contributed by atoms with Crippen molar-refractivity contribution in [2.75, 3.05) is 0 Å². The second kappa shape index (κ2) is 5.69. The molecule has 1 N–H and O–H groups in total. The predicted molar refractivity (Wildman–Crippen MR) is 80.5 cm³/mol. The van der Waals surface area contributed by atoms with Gasteiger partial charge in [-0.25, -0.2) is 0 Å². The quantitative estimate of drug-likeness (QED) is 0.628. The predicted octanol–water partition coefficient (Wildman–Crippen LogP) is 4.03. The highest BCUT2D eigenvalue weighted by Gasteiger charge is 2.18. The van der Waals surface area contributed by atoms with Gasteiger partial charge in [0.25, 0.3) is 0 Å². The smallest absolute Gasteiger partial charge is 0.0724 e. The van der Waals surface area contributed by atoms with E-state index < -0.39 is 0 Å². The van der Waals surface area contributed by atoms with Crippen molar-refractivity contribution in [1.29, 1.82) is 0 Å². The molecule has 0 heterocycles. The molecule has 0 spiro atoms. The van der Waals surface area contributed by atoms with E-state index in [0.29, 0.717) is 6.04 Å². The average molecular weight is 263 g/mol. The van der Waals surface area contributed by atoms with Crippen molar-refractivity contribution < 1.29 is 0 Å². The summed E-state index contributed by atoms with van der Waals surface area (Å²) in [5.41, 5.74) is 3.81. The van der Waals surface area contributed by atoms with Gasteiger partial charge in [-0.2, -0.15) is 0 Å². The minimum absolute atomic E-state index is 0.321. The zero-order valence-electron chi connectivity index (χ0n) is 9.94. The van der Waals surface area contributed by atoms with Gasteiger partial charge in [0.05, 0.1) is 4.20 Å². The number of rotatable bonds is 4. The number of thiocarbonyl (C=S) groups is 1. The molecule has 2 rings (SSSR count). The Balaban J connectivity index is 2.11. The van der Waals surface area contributed by atoms with E-state index in [2.05, 4.69) is 49.1 Å². The number of hydrogen-bond donors (Lipinski definition) is 2. The Hall–Kier alpha value is -0.800. The van der Waals surface area contributed by atoms with Crippen molar-refractivity contribution in [2.24, 2.45) is 0 Å². The number of nitrogens with one attached hydrogen (secondary N) is 1. The van der Waals surface area contributed by atoms with E-state index >= 15 is 0 Å². The molecule has 3 heteroatoms. The van der Waals surface area contributed by atoms with Crippen molar-refractivity contribution in [1.82, 2.24) is 5.32 Å². The summed E-state index contributed by atoms with van der Waals surface area (Å²) in [4.78, 5) is 0. The van der Waals surface area contributed by atoms with Crippen LogP contribution in [0.25, 0.3) is 0 Å². The van der Waals surface area contributed by atoms with Gasteiger partial charge < -0.3 is 5.32 Å². The highest BCUT2D eigenvalue weighted by Crippen LogP contribution is 2.28. The summed E-state index contributed by atoms with van der Waals surface area (Å²) in [5, 5.41) is 3.57. The second-order valence-corrected chi connectivity index (χ2v) is 5.55. The van der Waals surface area contributed by atoms with Gasteiger partial charge in [-0.05, 0) is 37.3 Å². The molecule has 0 aliphatic heterocycles. The van der Waals surface area contributed by atoms with Crippen LogP contribution < -0.4 is 5.32 Å². The maximum absolute atomic E-state index is 5.17. The van der Waals surface area contributed by atoms with E-state index in [1.165, 1.54) is 23.3 Å². The van der Waals surface area contributed by atoms with Gasteiger partial charge in [-0.3, -0.25) is 0 Å². The number of hydrogen-bond acceptors (Lipinski definition) is 2. The van der Waals surface area contributed by atoms with Gasteiger partial charge in [0.2, 0.25) is 0 Å². The van der Waals surface area contributed by atoms with E-state index in [0.717, 1.165) is 17.0 Å². The van der Waals surface area contributed by atoms with Crippen LogP contribution in [0.5, 0.6) is 0 Å². The Labute approximate surface area is 114 Å². The first kappa shape index (κ1) is 12.7. The molecule has 0 unspecified atom stereocenters. The number of thiol groups is 1. The molecule has 0 aromatic heterocycles. The zero-order valence-corrected chi connectivity index (χ0v) is 11.7. The zero-order chi connectivity index (χ0) is 12.3. The first-order valence-electron chi connectivity index (χ1n) is 5.95. The molecule has 1 aromatic carbocycles. The minimum Gasteiger partial charge on any atom is -0.382 e. The molecule has 1 nitrogen and oxygen atoms in total. The first-order valence-corrected chi connectivity index (χ1v) is 6.81. The molecule has 1 aliphatic carbocycles. The Kier molecular flexibility index (Phi) is 4.24. The van der Waals surface area contributed by atoms with Crippen molar-refractivity contribution in [3.05, 3.63) is 47.2 Å². The van der Waals surface area contributed by atoms with E-state index in [4.69, 9.17) is 12.2 Å². The Morgan fingerprint density at radius 1 is 1.29 bits per heavy atom. The van der Waals surface area contributed by atoms with E-state index in [9.17, 15) is 0 Å². The van der Waals surface area contributed by atoms with Crippen LogP contribution in [0.2, 0.25) is 0 Å². The lowest BCUT2D eigenvalue weighted by Crippen LogP contribution is -2.18. The molecule has 0 saturated carbocycles. The van der Waals surface area contributed by atoms with Crippen LogP contribution in [0.1, 0.15) is 37.8 Å². The molecule has 0 bridgehead atoms. The third-order valence-corrected chi connectivity index (χ3v) is 3.68. The average Bonchev–Trinajstić information content (AvgIpc) is 2.78. The maximum atomic E-state index is 5.17. The Morgan fingerprint density at radius 3 is 2.65 bits per heavy atom. The fraction of sp³-hybridized carbons (Fsp3) is 0.357. The molecular weight excluding hydrogens is 246 g/mol. The van der Waals surface area contributed by atoms with Crippen molar-refractivity contribution in [2.45, 2.75) is 32.2 Å². The first-order chi connectivity index (χ1) is 8.18. The molecule has 0 amide bonds. The van der Waals surface area contributed by atoms with Gasteiger partial charge in [0.15, 0.2) is 0 Å². The van der Waals surface area contributed by atoms with Crippen molar-refractivity contribution in [3.8, 4) is 0 Å². The molecule has 0 saturated heterocycles. The summed E-state index contributed by atoms with van der Waals surface area (Å²) >= 11 is 9.46. The van der Waals surface area contributed by atoms with Gasteiger partial charge in [0.1, 0.15) is 0 Å². The molecule has 0 radical (unpaired) electrons. The molecule has 0 fully saturated rings. The van der Waals surface area contributed by atoms with E-state index in [1.807, 2.05) is 6.07 Å². The lowest BCUT2D eigenvalue weighted by Gasteiger charge is -2.18. The van der Waals surface area contributed by atoms with E-state index in [-0.39, 0.29) is 0 Å². The fourth-order valence-corrected chi connectivity index (χ4v) is 2.70. The van der Waals surface area contributed by atoms with Crippen LogP contribution in [0.4, 0.5) is 0 Å². The molecular formula is C14H17NS2. The maximum Gasteiger partial charge on any atom is 0.0724 e. The van der Waals surface area contributed by atoms with Gasteiger partial charge in [0, 0.05) is 11.7 Å². The summed E-state index contributed by atoms with van der Waals surface area (Å²) in [7, 11) is 0. The van der Waals surface area contributed by atoms with Crippen LogP contribution in [0.3, 0.4) is 0 Å². The minimum atomic E-state index is 0.321. The standard InChI is InChI=1S/C14H17NS2/c1-10(11-6-3-2-4-7-11)15-13-9-5-8-12(13)14(16)17/h2-4,6-7,10,15H,5,8-9H2,1H3,(H,16,17)/t10-/m1/s1. The summed E-state index contributed by atoms with van der Waals surface area (Å²) in [5.74, 6) is 0. The molecule has 17 heavy (non-hydrogen) atoms. The highest BCUT2D eigenvalue weighted by molar-refractivity contribution is 8.11. The summed E-state index contributed by atoms with van der Waals surface area (Å²) in [6, 6.07) is 10.8. The second-order valence-electron chi connectivity index (χ2n) is 4.39. The van der Waals surface area contributed by atoms with Crippen LogP contribution in [-0.2, 0) is 0 Å². The summed E-state index contributed by atoms with van der Waals surface area (Å²) in [6.45, 7) is 2.18. The van der Waals surface area contributed by atoms with Gasteiger partial charge in [-0.15, -0.1) is 12.6 Å². The third kappa shape index (κ3) is 3.11. The highest BCUT2D eigenvalue weighted by atomic mass is 32.1. The van der Waals surface area contributed by atoms with E-state index in [1.54, 1.807) is 0 Å². The summed E-state index contributed by atoms with van der Waals surface area (Å²) < 4.78 is 0.741. The largest absolute Gasteiger partial charge is 0.382 e. The van der Waals surface area contributed by atoms with Crippen molar-refractivity contribution in [3.63, 3.8) is 0 Å². The lowest BCUT2D eigenvalue weighted by molar-refractivity contribution is 0.635. The van der Waals surface area contributed by atoms with Crippen LogP contribution in [0, 0.1) is 0 Å². The Bertz CT molecular complexity index is 437. The molecule has 1 atom stereocenters. The molecule has 90 valence electrons. The van der Waals surface area contributed by atoms with Crippen LogP contribution >= 0.6 is 24.8 Å². The fourth-order valence-electron chi connectivity index (χ4n) is 2.23. The molecule has 1 aliphatic rings.